The molecule has 1 aliphatic heterocycles. The third-order valence-electron chi connectivity index (χ3n) is 3.39. The number of carbonyl (C=O) groups excluding carboxylic acids is 1. The molecular formula is C15H15N3O4S. The molecule has 0 fully saturated rings. The molecule has 120 valence electrons. The van der Waals surface area contributed by atoms with Crippen LogP contribution in [0, 0.1) is 0 Å². The Balaban J connectivity index is 1.69. The van der Waals surface area contributed by atoms with Crippen molar-refractivity contribution in [3.05, 3.63) is 54.0 Å². The molecule has 2 heterocycles. The number of furan rings is 1. The van der Waals surface area contributed by atoms with E-state index in [0.717, 1.165) is 0 Å². The molecule has 0 saturated heterocycles. The lowest BCUT2D eigenvalue weighted by molar-refractivity contribution is -0.121. The lowest BCUT2D eigenvalue weighted by Crippen LogP contribution is -2.38. The highest BCUT2D eigenvalue weighted by Gasteiger charge is 2.30. The largest absolute Gasteiger partial charge is 0.467 e. The topological polar surface area (TPSA) is 92.0 Å². The number of nitrogens with one attached hydrogen (secondary N) is 1. The molecule has 1 aromatic carbocycles. The molecule has 7 nitrogen and oxygen atoms in total. The van der Waals surface area contributed by atoms with Crippen molar-refractivity contribution in [1.29, 1.82) is 0 Å². The van der Waals surface area contributed by atoms with Gasteiger partial charge in [0.1, 0.15) is 10.7 Å². The van der Waals surface area contributed by atoms with Crippen molar-refractivity contribution >= 4 is 21.8 Å². The number of likely N-dealkylation sites (N-methyl/N-ethyl adjacent to an activating group) is 1. The van der Waals surface area contributed by atoms with Crippen LogP contribution in [0.1, 0.15) is 11.3 Å². The summed E-state index contributed by atoms with van der Waals surface area (Å²) in [6.45, 7) is 0.268. The fourth-order valence-corrected chi connectivity index (χ4v) is 3.56. The molecule has 0 bridgehead atoms. The van der Waals surface area contributed by atoms with Crippen molar-refractivity contribution in [1.82, 2.24) is 10.2 Å². The fourth-order valence-electron chi connectivity index (χ4n) is 2.31. The third-order valence-corrected chi connectivity index (χ3v) is 4.72. The average molecular weight is 333 g/mol. The van der Waals surface area contributed by atoms with Gasteiger partial charge in [0.15, 0.2) is 5.84 Å². The number of nitrogens with zero attached hydrogens (tertiary/aromatic N) is 2. The molecule has 0 saturated carbocycles. The lowest BCUT2D eigenvalue weighted by Gasteiger charge is -2.18. The minimum atomic E-state index is -3.68. The number of amidine groups is 1. The maximum absolute atomic E-state index is 12.0. The minimum Gasteiger partial charge on any atom is -0.467 e. The molecule has 1 aromatic heterocycles. The van der Waals surface area contributed by atoms with E-state index < -0.39 is 10.0 Å². The number of fused-ring (bicyclic) bond motifs is 1. The summed E-state index contributed by atoms with van der Waals surface area (Å²) in [4.78, 5) is 13.7. The maximum Gasteiger partial charge on any atom is 0.285 e. The van der Waals surface area contributed by atoms with Crippen LogP contribution in [0.25, 0.3) is 0 Å². The molecule has 1 aliphatic rings. The van der Waals surface area contributed by atoms with Gasteiger partial charge < -0.3 is 14.6 Å². The predicted molar refractivity (Wildman–Crippen MR) is 83.3 cm³/mol. The third kappa shape index (κ3) is 3.11. The standard InChI is InChI=1S/C15H15N3O4S/c1-18(10-14(19)16-9-11-5-4-8-22-11)15-12-6-2-3-7-13(12)23(20,21)17-15/h2-8H,9-10H2,1H3,(H,16,19). The molecular weight excluding hydrogens is 318 g/mol. The second kappa shape index (κ2) is 5.88. The van der Waals surface area contributed by atoms with Gasteiger partial charge >= 0.3 is 0 Å². The van der Waals surface area contributed by atoms with Crippen LogP contribution in [0.4, 0.5) is 0 Å². The van der Waals surface area contributed by atoms with Gasteiger partial charge in [-0.2, -0.15) is 8.42 Å². The zero-order valence-corrected chi connectivity index (χ0v) is 13.2. The highest BCUT2D eigenvalue weighted by molar-refractivity contribution is 7.90. The summed E-state index contributed by atoms with van der Waals surface area (Å²) in [6.07, 6.45) is 1.53. The molecule has 1 N–H and O–H groups in total. The summed E-state index contributed by atoms with van der Waals surface area (Å²) in [7, 11) is -2.06. The molecule has 0 aliphatic carbocycles. The number of hydrogen-bond donors (Lipinski definition) is 1. The summed E-state index contributed by atoms with van der Waals surface area (Å²) < 4.78 is 32.9. The van der Waals surface area contributed by atoms with Crippen molar-refractivity contribution < 1.29 is 17.6 Å². The zero-order valence-electron chi connectivity index (χ0n) is 12.4. The van der Waals surface area contributed by atoms with Gasteiger partial charge in [-0.1, -0.05) is 12.1 Å². The van der Waals surface area contributed by atoms with E-state index in [4.69, 9.17) is 4.42 Å². The average Bonchev–Trinajstić information content (AvgIpc) is 3.12. The van der Waals surface area contributed by atoms with E-state index in [2.05, 4.69) is 9.71 Å². The van der Waals surface area contributed by atoms with Crippen molar-refractivity contribution in [3.8, 4) is 0 Å². The number of rotatable bonds is 4. The van der Waals surface area contributed by atoms with Crippen LogP contribution >= 0.6 is 0 Å². The van der Waals surface area contributed by atoms with Crippen molar-refractivity contribution in [2.45, 2.75) is 11.4 Å². The number of hydrogen-bond acceptors (Lipinski definition) is 5. The number of benzene rings is 1. The molecule has 1 amide bonds. The van der Waals surface area contributed by atoms with Gasteiger partial charge in [0, 0.05) is 12.6 Å². The Hall–Kier alpha value is -2.61. The molecule has 8 heteroatoms. The highest BCUT2D eigenvalue weighted by Crippen LogP contribution is 2.26. The van der Waals surface area contributed by atoms with Gasteiger partial charge in [0.2, 0.25) is 5.91 Å². The number of amides is 1. The Labute approximate surface area is 133 Å². The molecule has 3 rings (SSSR count). The Bertz CT molecular complexity index is 857. The first-order valence-electron chi connectivity index (χ1n) is 6.92. The first-order valence-corrected chi connectivity index (χ1v) is 8.36. The van der Waals surface area contributed by atoms with Crippen molar-refractivity contribution in [3.63, 3.8) is 0 Å². The maximum atomic E-state index is 12.0. The van der Waals surface area contributed by atoms with Crippen LogP contribution in [0.15, 0.2) is 56.4 Å². The fraction of sp³-hybridized carbons (Fsp3) is 0.200. The Morgan fingerprint density at radius 2 is 2.04 bits per heavy atom. The van der Waals surface area contributed by atoms with E-state index in [1.807, 2.05) is 0 Å². The summed E-state index contributed by atoms with van der Waals surface area (Å²) >= 11 is 0. The van der Waals surface area contributed by atoms with Gasteiger partial charge in [0.05, 0.1) is 19.4 Å². The zero-order chi connectivity index (χ0) is 16.4. The Morgan fingerprint density at radius 3 is 2.78 bits per heavy atom. The lowest BCUT2D eigenvalue weighted by atomic mass is 10.2. The van der Waals surface area contributed by atoms with Crippen LogP contribution in [-0.4, -0.2) is 38.7 Å². The number of carbonyl (C=O) groups is 1. The van der Waals surface area contributed by atoms with Gasteiger partial charge in [-0.3, -0.25) is 4.79 Å². The number of sulfonamides is 1. The molecule has 0 spiro atoms. The minimum absolute atomic E-state index is 0.0105. The van der Waals surface area contributed by atoms with E-state index in [0.29, 0.717) is 11.3 Å². The van der Waals surface area contributed by atoms with Gasteiger partial charge in [-0.15, -0.1) is 4.40 Å². The summed E-state index contributed by atoms with van der Waals surface area (Å²) in [5.74, 6) is 0.661. The van der Waals surface area contributed by atoms with E-state index in [1.54, 1.807) is 37.4 Å². The molecule has 0 radical (unpaired) electrons. The smallest absolute Gasteiger partial charge is 0.285 e. The normalized spacial score (nSPS) is 14.9. The SMILES string of the molecule is CN(CC(=O)NCc1ccco1)C1=NS(=O)(=O)c2ccccc21. The van der Waals surface area contributed by atoms with Gasteiger partial charge in [-0.05, 0) is 24.3 Å². The van der Waals surface area contributed by atoms with Gasteiger partial charge in [-0.25, -0.2) is 0 Å². The quantitative estimate of drug-likeness (QED) is 0.900. The van der Waals surface area contributed by atoms with Crippen LogP contribution in [0.5, 0.6) is 0 Å². The van der Waals surface area contributed by atoms with Crippen LogP contribution < -0.4 is 5.32 Å². The van der Waals surface area contributed by atoms with Crippen LogP contribution in [0.3, 0.4) is 0 Å². The summed E-state index contributed by atoms with van der Waals surface area (Å²) in [5.41, 5.74) is 0.508. The highest BCUT2D eigenvalue weighted by atomic mass is 32.2. The Kier molecular flexibility index (Phi) is 3.91. The summed E-state index contributed by atoms with van der Waals surface area (Å²) in [5, 5.41) is 2.71. The monoisotopic (exact) mass is 333 g/mol. The van der Waals surface area contributed by atoms with Crippen molar-refractivity contribution in [2.75, 3.05) is 13.6 Å². The van der Waals surface area contributed by atoms with Gasteiger partial charge in [0.25, 0.3) is 10.0 Å². The second-order valence-corrected chi connectivity index (χ2v) is 6.67. The van der Waals surface area contributed by atoms with E-state index in [1.165, 1.54) is 17.2 Å². The van der Waals surface area contributed by atoms with Crippen LogP contribution in [0.2, 0.25) is 0 Å². The predicted octanol–water partition coefficient (Wildman–Crippen LogP) is 0.977. The van der Waals surface area contributed by atoms with Crippen molar-refractivity contribution in [2.24, 2.45) is 4.40 Å². The molecule has 2 aromatic rings. The molecule has 0 atom stereocenters. The summed E-state index contributed by atoms with van der Waals surface area (Å²) in [6, 6.07) is 10.1. The van der Waals surface area contributed by atoms with E-state index >= 15 is 0 Å². The molecule has 0 unspecified atom stereocenters. The molecule has 23 heavy (non-hydrogen) atoms. The second-order valence-electron chi connectivity index (χ2n) is 5.10. The Morgan fingerprint density at radius 1 is 1.26 bits per heavy atom. The van der Waals surface area contributed by atoms with Crippen LogP contribution in [-0.2, 0) is 21.4 Å². The first-order chi connectivity index (χ1) is 11.0. The van der Waals surface area contributed by atoms with E-state index in [-0.39, 0.29) is 29.7 Å². The van der Waals surface area contributed by atoms with E-state index in [9.17, 15) is 13.2 Å². The first kappa shape index (κ1) is 15.3.